The number of rotatable bonds is 3. The lowest BCUT2D eigenvalue weighted by atomic mass is 9.90. The smallest absolute Gasteiger partial charge is 0.249 e. The molecule has 2 aromatic rings. The summed E-state index contributed by atoms with van der Waals surface area (Å²) in [5, 5.41) is 1.05. The number of nitrogens with zero attached hydrogens (tertiary/aromatic N) is 2. The largest absolute Gasteiger partial charge is 0.303 e. The molecule has 4 nitrogen and oxygen atoms in total. The molecule has 1 aliphatic rings. The first-order valence-electron chi connectivity index (χ1n) is 8.61. The van der Waals surface area contributed by atoms with Gasteiger partial charge in [0, 0.05) is 26.6 Å². The van der Waals surface area contributed by atoms with Crippen molar-refractivity contribution in [2.24, 2.45) is 10.4 Å². The zero-order valence-electron chi connectivity index (χ0n) is 15.4. The third-order valence-electron chi connectivity index (χ3n) is 4.45. The molecule has 0 saturated heterocycles. The SMILES string of the molecule is CC(C)(C)C(=O)CN1C(=O)CN=C(c2ccccc2Cl)c2cc(Cl)ccc21. The second kappa shape index (κ2) is 7.45. The molecule has 0 fully saturated rings. The van der Waals surface area contributed by atoms with E-state index in [4.69, 9.17) is 23.2 Å². The third-order valence-corrected chi connectivity index (χ3v) is 5.01. The molecule has 0 unspecified atom stereocenters. The summed E-state index contributed by atoms with van der Waals surface area (Å²) in [5.74, 6) is -0.267. The summed E-state index contributed by atoms with van der Waals surface area (Å²) in [4.78, 5) is 31.4. The van der Waals surface area contributed by atoms with Crippen LogP contribution in [0.15, 0.2) is 47.5 Å². The van der Waals surface area contributed by atoms with Gasteiger partial charge in [0.2, 0.25) is 5.91 Å². The third kappa shape index (κ3) is 4.07. The molecule has 27 heavy (non-hydrogen) atoms. The Bertz CT molecular complexity index is 945. The number of fused-ring (bicyclic) bond motifs is 1. The van der Waals surface area contributed by atoms with Crippen molar-refractivity contribution >= 4 is 46.3 Å². The molecule has 3 rings (SSSR count). The number of halogens is 2. The van der Waals surface area contributed by atoms with Gasteiger partial charge in [0.15, 0.2) is 5.78 Å². The minimum Gasteiger partial charge on any atom is -0.303 e. The molecule has 0 saturated carbocycles. The highest BCUT2D eigenvalue weighted by Crippen LogP contribution is 2.32. The van der Waals surface area contributed by atoms with E-state index in [2.05, 4.69) is 4.99 Å². The summed E-state index contributed by atoms with van der Waals surface area (Å²) in [6.07, 6.45) is 0. The van der Waals surface area contributed by atoms with Crippen LogP contribution in [0.4, 0.5) is 5.69 Å². The van der Waals surface area contributed by atoms with Crippen LogP contribution in [0.1, 0.15) is 31.9 Å². The Kier molecular flexibility index (Phi) is 5.41. The Labute approximate surface area is 168 Å². The molecular weight excluding hydrogens is 383 g/mol. The van der Waals surface area contributed by atoms with E-state index < -0.39 is 5.41 Å². The Morgan fingerprint density at radius 1 is 1.11 bits per heavy atom. The van der Waals surface area contributed by atoms with Crippen molar-refractivity contribution in [3.05, 3.63) is 63.6 Å². The molecular formula is C21H20Cl2N2O2. The first-order valence-corrected chi connectivity index (χ1v) is 9.37. The van der Waals surface area contributed by atoms with Crippen molar-refractivity contribution in [2.45, 2.75) is 20.8 Å². The molecule has 0 spiro atoms. The van der Waals surface area contributed by atoms with Gasteiger partial charge in [-0.3, -0.25) is 14.6 Å². The van der Waals surface area contributed by atoms with E-state index in [0.29, 0.717) is 27.0 Å². The zero-order chi connectivity index (χ0) is 19.8. The highest BCUT2D eigenvalue weighted by atomic mass is 35.5. The van der Waals surface area contributed by atoms with Crippen molar-refractivity contribution in [3.63, 3.8) is 0 Å². The topological polar surface area (TPSA) is 49.7 Å². The highest BCUT2D eigenvalue weighted by Gasteiger charge is 2.31. The van der Waals surface area contributed by atoms with Crippen LogP contribution < -0.4 is 4.90 Å². The molecule has 6 heteroatoms. The van der Waals surface area contributed by atoms with E-state index in [9.17, 15) is 9.59 Å². The fraction of sp³-hybridized carbons (Fsp3) is 0.286. The summed E-state index contributed by atoms with van der Waals surface area (Å²) < 4.78 is 0. The predicted molar refractivity (Wildman–Crippen MR) is 110 cm³/mol. The Balaban J connectivity index is 2.14. The van der Waals surface area contributed by atoms with Crippen LogP contribution in [0.25, 0.3) is 0 Å². The molecule has 0 atom stereocenters. The van der Waals surface area contributed by atoms with E-state index >= 15 is 0 Å². The van der Waals surface area contributed by atoms with Gasteiger partial charge in [0.1, 0.15) is 6.54 Å². The molecule has 140 valence electrons. The molecule has 1 aliphatic heterocycles. The van der Waals surface area contributed by atoms with E-state index in [-0.39, 0.29) is 24.8 Å². The van der Waals surface area contributed by atoms with Crippen LogP contribution in [0.2, 0.25) is 10.0 Å². The van der Waals surface area contributed by atoms with Crippen LogP contribution >= 0.6 is 23.2 Å². The molecule has 0 aliphatic carbocycles. The maximum Gasteiger partial charge on any atom is 0.249 e. The van der Waals surface area contributed by atoms with Crippen molar-refractivity contribution < 1.29 is 9.59 Å². The Hall–Kier alpha value is -2.17. The number of amides is 1. The number of anilines is 1. The minimum absolute atomic E-state index is 0.0116. The number of carbonyl (C=O) groups excluding carboxylic acids is 2. The lowest BCUT2D eigenvalue weighted by Gasteiger charge is -2.26. The van der Waals surface area contributed by atoms with Gasteiger partial charge in [-0.05, 0) is 24.3 Å². The second-order valence-corrected chi connectivity index (χ2v) is 8.30. The lowest BCUT2D eigenvalue weighted by molar-refractivity contribution is -0.127. The number of hydrogen-bond donors (Lipinski definition) is 0. The minimum atomic E-state index is -0.550. The van der Waals surface area contributed by atoms with Crippen molar-refractivity contribution in [2.75, 3.05) is 18.0 Å². The first kappa shape index (κ1) is 19.6. The fourth-order valence-corrected chi connectivity index (χ4v) is 3.22. The molecule has 0 bridgehead atoms. The van der Waals surface area contributed by atoms with E-state index in [1.165, 1.54) is 4.90 Å². The normalized spacial score (nSPS) is 14.5. The summed E-state index contributed by atoms with van der Waals surface area (Å²) in [6.45, 7) is 5.44. The summed E-state index contributed by atoms with van der Waals surface area (Å²) in [6, 6.07) is 12.5. The van der Waals surface area contributed by atoms with Crippen LogP contribution in [0.3, 0.4) is 0 Å². The van der Waals surface area contributed by atoms with Crippen LogP contribution in [0.5, 0.6) is 0 Å². The van der Waals surface area contributed by atoms with Crippen molar-refractivity contribution in [3.8, 4) is 0 Å². The molecule has 2 aromatic carbocycles. The number of hydrogen-bond acceptors (Lipinski definition) is 3. The van der Waals surface area contributed by atoms with Gasteiger partial charge in [-0.2, -0.15) is 0 Å². The number of ketones is 1. The van der Waals surface area contributed by atoms with E-state index in [0.717, 1.165) is 5.56 Å². The summed E-state index contributed by atoms with van der Waals surface area (Å²) in [5.41, 5.74) is 2.06. The predicted octanol–water partition coefficient (Wildman–Crippen LogP) is 4.79. The van der Waals surface area contributed by atoms with Gasteiger partial charge in [0.25, 0.3) is 0 Å². The average Bonchev–Trinajstić information content (AvgIpc) is 2.72. The van der Waals surface area contributed by atoms with E-state index in [1.54, 1.807) is 24.3 Å². The molecule has 0 aromatic heterocycles. The first-order chi connectivity index (χ1) is 12.7. The van der Waals surface area contributed by atoms with Crippen LogP contribution in [-0.4, -0.2) is 30.5 Å². The molecule has 0 radical (unpaired) electrons. The van der Waals surface area contributed by atoms with Gasteiger partial charge in [0.05, 0.1) is 17.9 Å². The van der Waals surface area contributed by atoms with Gasteiger partial charge < -0.3 is 4.90 Å². The van der Waals surface area contributed by atoms with Crippen molar-refractivity contribution in [1.29, 1.82) is 0 Å². The highest BCUT2D eigenvalue weighted by molar-refractivity contribution is 6.37. The molecule has 1 amide bonds. The monoisotopic (exact) mass is 402 g/mol. The number of benzene rings is 2. The Morgan fingerprint density at radius 2 is 1.81 bits per heavy atom. The quantitative estimate of drug-likeness (QED) is 0.740. The van der Waals surface area contributed by atoms with E-state index in [1.807, 2.05) is 39.0 Å². The lowest BCUT2D eigenvalue weighted by Crippen LogP contribution is -2.40. The summed E-state index contributed by atoms with van der Waals surface area (Å²) in [7, 11) is 0. The van der Waals surface area contributed by atoms with Gasteiger partial charge in [-0.15, -0.1) is 0 Å². The van der Waals surface area contributed by atoms with Gasteiger partial charge in [-0.1, -0.05) is 62.2 Å². The van der Waals surface area contributed by atoms with Crippen molar-refractivity contribution in [1.82, 2.24) is 0 Å². The molecule has 0 N–H and O–H groups in total. The standard InChI is InChI=1S/C21H20Cl2N2O2/c1-21(2,3)18(26)12-25-17-9-8-13(22)10-15(17)20(24-11-19(25)27)14-6-4-5-7-16(14)23/h4-10H,11-12H2,1-3H3. The maximum absolute atomic E-state index is 12.8. The Morgan fingerprint density at radius 3 is 2.48 bits per heavy atom. The van der Waals surface area contributed by atoms with Crippen LogP contribution in [0, 0.1) is 5.41 Å². The maximum atomic E-state index is 12.8. The molecule has 1 heterocycles. The fourth-order valence-electron chi connectivity index (χ4n) is 2.82. The number of Topliss-reactive ketones (excluding diaryl/α,β-unsaturated/α-hetero) is 1. The number of benzodiazepines with no additional fused rings is 1. The number of aliphatic imine (C=N–C) groups is 1. The van der Waals surface area contributed by atoms with Gasteiger partial charge in [-0.25, -0.2) is 0 Å². The second-order valence-electron chi connectivity index (χ2n) is 7.46. The average molecular weight is 403 g/mol. The van der Waals surface area contributed by atoms with Gasteiger partial charge >= 0.3 is 0 Å². The summed E-state index contributed by atoms with van der Waals surface area (Å²) >= 11 is 12.6. The zero-order valence-corrected chi connectivity index (χ0v) is 16.9. The number of carbonyl (C=O) groups is 2. The van der Waals surface area contributed by atoms with Crippen LogP contribution in [-0.2, 0) is 9.59 Å².